The Bertz CT molecular complexity index is 838. The predicted octanol–water partition coefficient (Wildman–Crippen LogP) is 4.19. The molecule has 1 N–H and O–H groups in total. The normalized spacial score (nSPS) is 24.2. The number of thiocarbonyl (C=S) groups is 1. The van der Waals surface area contributed by atoms with E-state index in [4.69, 9.17) is 21.7 Å². The molecule has 0 radical (unpaired) electrons. The summed E-state index contributed by atoms with van der Waals surface area (Å²) in [5, 5.41) is 4.18. The Morgan fingerprint density at radius 2 is 2.16 bits per heavy atom. The van der Waals surface area contributed by atoms with Crippen molar-refractivity contribution in [2.75, 3.05) is 12.0 Å². The van der Waals surface area contributed by atoms with E-state index >= 15 is 0 Å². The number of aryl methyl sites for hydroxylation is 1. The summed E-state index contributed by atoms with van der Waals surface area (Å²) < 4.78 is 11.8. The third-order valence-electron chi connectivity index (χ3n) is 5.06. The zero-order chi connectivity index (χ0) is 17.6. The second-order valence-electron chi connectivity index (χ2n) is 6.75. The van der Waals surface area contributed by atoms with E-state index in [0.717, 1.165) is 30.0 Å². The Hall–Kier alpha value is -2.27. The topological polar surface area (TPSA) is 33.7 Å². The number of anilines is 1. The van der Waals surface area contributed by atoms with Crippen LogP contribution in [0.1, 0.15) is 37.4 Å². The van der Waals surface area contributed by atoms with E-state index in [1.165, 1.54) is 11.1 Å². The van der Waals surface area contributed by atoms with E-state index in [9.17, 15) is 0 Å². The van der Waals surface area contributed by atoms with E-state index in [2.05, 4.69) is 42.3 Å². The van der Waals surface area contributed by atoms with Gasteiger partial charge >= 0.3 is 0 Å². The second-order valence-corrected chi connectivity index (χ2v) is 7.13. The van der Waals surface area contributed by atoms with Crippen LogP contribution in [0.5, 0.6) is 11.5 Å². The number of methoxy groups -OCH3 is 1. The average molecular weight is 354 g/mol. The first-order valence-electron chi connectivity index (χ1n) is 8.60. The SMILES string of the molecule is CCc1ccc2c(c1)C1CC(C)(O2)N(c2cccc(OC)c2)C(=S)N1. The molecule has 0 amide bonds. The Labute approximate surface area is 153 Å². The number of hydrogen-bond acceptors (Lipinski definition) is 3. The molecular formula is C20H22N2O2S. The van der Waals surface area contributed by atoms with E-state index < -0.39 is 5.72 Å². The molecule has 2 bridgehead atoms. The van der Waals surface area contributed by atoms with E-state index in [-0.39, 0.29) is 6.04 Å². The molecule has 0 aromatic heterocycles. The van der Waals surface area contributed by atoms with Crippen molar-refractivity contribution in [3.05, 3.63) is 53.6 Å². The summed E-state index contributed by atoms with van der Waals surface area (Å²) in [5.74, 6) is 1.73. The Balaban J connectivity index is 1.77. The highest BCUT2D eigenvalue weighted by atomic mass is 32.1. The fourth-order valence-corrected chi connectivity index (χ4v) is 4.23. The number of nitrogens with zero attached hydrogens (tertiary/aromatic N) is 1. The summed E-state index contributed by atoms with van der Waals surface area (Å²) in [7, 11) is 1.67. The second kappa shape index (κ2) is 5.92. The standard InChI is InChI=1S/C20H22N2O2S/c1-4-13-8-9-18-16(10-13)17-12-20(2,24-18)22(19(25)21-17)14-6-5-7-15(11-14)23-3/h5-11,17H,4,12H2,1-3H3,(H,21,25). The maximum Gasteiger partial charge on any atom is 0.188 e. The molecule has 2 aromatic rings. The fourth-order valence-electron chi connectivity index (χ4n) is 3.78. The molecule has 5 heteroatoms. The lowest BCUT2D eigenvalue weighted by atomic mass is 9.89. The van der Waals surface area contributed by atoms with Gasteiger partial charge in [0.25, 0.3) is 0 Å². The van der Waals surface area contributed by atoms with Crippen molar-refractivity contribution in [3.8, 4) is 11.5 Å². The third-order valence-corrected chi connectivity index (χ3v) is 5.36. The molecule has 2 aromatic carbocycles. The van der Waals surface area contributed by atoms with Crippen molar-refractivity contribution in [3.63, 3.8) is 0 Å². The van der Waals surface area contributed by atoms with Gasteiger partial charge in [0.05, 0.1) is 18.8 Å². The lowest BCUT2D eigenvalue weighted by Gasteiger charge is -2.52. The minimum absolute atomic E-state index is 0.176. The largest absolute Gasteiger partial charge is 0.497 e. The summed E-state index contributed by atoms with van der Waals surface area (Å²) in [6.45, 7) is 4.27. The summed E-state index contributed by atoms with van der Waals surface area (Å²) >= 11 is 5.70. The van der Waals surface area contributed by atoms with Crippen molar-refractivity contribution in [2.24, 2.45) is 0 Å². The molecule has 130 valence electrons. The lowest BCUT2D eigenvalue weighted by molar-refractivity contribution is 0.0497. The van der Waals surface area contributed by atoms with Gasteiger partial charge in [-0.2, -0.15) is 0 Å². The van der Waals surface area contributed by atoms with Crippen molar-refractivity contribution in [1.82, 2.24) is 5.32 Å². The van der Waals surface area contributed by atoms with Crippen LogP contribution in [0.25, 0.3) is 0 Å². The molecule has 0 aliphatic carbocycles. The number of ether oxygens (including phenoxy) is 2. The zero-order valence-corrected chi connectivity index (χ0v) is 15.5. The summed E-state index contributed by atoms with van der Waals surface area (Å²) in [6, 6.07) is 14.5. The zero-order valence-electron chi connectivity index (χ0n) is 14.7. The third kappa shape index (κ3) is 2.63. The van der Waals surface area contributed by atoms with Gasteiger partial charge in [0.2, 0.25) is 0 Å². The molecule has 2 heterocycles. The van der Waals surface area contributed by atoms with Crippen LogP contribution in [-0.4, -0.2) is 17.9 Å². The molecule has 2 aliphatic rings. The molecule has 0 spiro atoms. The average Bonchev–Trinajstić information content (AvgIpc) is 2.61. The van der Waals surface area contributed by atoms with Crippen LogP contribution >= 0.6 is 12.2 Å². The maximum absolute atomic E-state index is 6.46. The number of hydrogen-bond donors (Lipinski definition) is 1. The van der Waals surface area contributed by atoms with Crippen molar-refractivity contribution in [2.45, 2.75) is 38.5 Å². The molecular weight excluding hydrogens is 332 g/mol. The van der Waals surface area contributed by atoms with Crippen LogP contribution in [0.4, 0.5) is 5.69 Å². The molecule has 1 saturated heterocycles. The van der Waals surface area contributed by atoms with Gasteiger partial charge in [-0.3, -0.25) is 4.90 Å². The van der Waals surface area contributed by atoms with Gasteiger partial charge in [-0.05, 0) is 49.3 Å². The highest BCUT2D eigenvalue weighted by Crippen LogP contribution is 2.46. The highest BCUT2D eigenvalue weighted by Gasteiger charge is 2.48. The number of nitrogens with one attached hydrogen (secondary N) is 1. The number of rotatable bonds is 3. The van der Waals surface area contributed by atoms with E-state index in [1.54, 1.807) is 7.11 Å². The van der Waals surface area contributed by atoms with Gasteiger partial charge in [-0.15, -0.1) is 0 Å². The molecule has 2 unspecified atom stereocenters. The van der Waals surface area contributed by atoms with Gasteiger partial charge in [0.1, 0.15) is 11.5 Å². The molecule has 2 aliphatic heterocycles. The Morgan fingerprint density at radius 1 is 1.32 bits per heavy atom. The first-order chi connectivity index (χ1) is 12.0. The molecule has 25 heavy (non-hydrogen) atoms. The molecule has 1 fully saturated rings. The van der Waals surface area contributed by atoms with Crippen molar-refractivity contribution in [1.29, 1.82) is 0 Å². The lowest BCUT2D eigenvalue weighted by Crippen LogP contribution is -2.65. The monoisotopic (exact) mass is 354 g/mol. The molecule has 0 saturated carbocycles. The van der Waals surface area contributed by atoms with Gasteiger partial charge in [-0.1, -0.05) is 25.1 Å². The minimum Gasteiger partial charge on any atom is -0.497 e. The quantitative estimate of drug-likeness (QED) is 0.836. The molecule has 4 rings (SSSR count). The van der Waals surface area contributed by atoms with Crippen LogP contribution in [0.3, 0.4) is 0 Å². The first kappa shape index (κ1) is 16.2. The smallest absolute Gasteiger partial charge is 0.188 e. The summed E-state index contributed by atoms with van der Waals surface area (Å²) in [6.07, 6.45) is 1.84. The van der Waals surface area contributed by atoms with Crippen LogP contribution in [0.15, 0.2) is 42.5 Å². The predicted molar refractivity (Wildman–Crippen MR) is 103 cm³/mol. The van der Waals surface area contributed by atoms with E-state index in [0.29, 0.717) is 5.11 Å². The molecule has 2 atom stereocenters. The Kier molecular flexibility index (Phi) is 3.84. The van der Waals surface area contributed by atoms with Gasteiger partial charge < -0.3 is 14.8 Å². The summed E-state index contributed by atoms with van der Waals surface area (Å²) in [4.78, 5) is 2.05. The van der Waals surface area contributed by atoms with Crippen LogP contribution in [-0.2, 0) is 6.42 Å². The molecule has 4 nitrogen and oxygen atoms in total. The first-order valence-corrected chi connectivity index (χ1v) is 9.01. The summed E-state index contributed by atoms with van der Waals surface area (Å²) in [5.41, 5.74) is 2.95. The number of benzene rings is 2. The van der Waals surface area contributed by atoms with Gasteiger partial charge in [0.15, 0.2) is 10.8 Å². The van der Waals surface area contributed by atoms with Crippen molar-refractivity contribution >= 4 is 23.0 Å². The van der Waals surface area contributed by atoms with E-state index in [1.807, 2.05) is 24.3 Å². The minimum atomic E-state index is -0.528. The van der Waals surface area contributed by atoms with Crippen LogP contribution < -0.4 is 19.7 Å². The van der Waals surface area contributed by atoms with Crippen molar-refractivity contribution < 1.29 is 9.47 Å². The Morgan fingerprint density at radius 3 is 2.92 bits per heavy atom. The van der Waals surface area contributed by atoms with Crippen LogP contribution in [0.2, 0.25) is 0 Å². The number of fused-ring (bicyclic) bond motifs is 4. The highest BCUT2D eigenvalue weighted by molar-refractivity contribution is 7.80. The van der Waals surface area contributed by atoms with Gasteiger partial charge in [-0.25, -0.2) is 0 Å². The van der Waals surface area contributed by atoms with Gasteiger partial charge in [0, 0.05) is 18.1 Å². The fraction of sp³-hybridized carbons (Fsp3) is 0.350. The van der Waals surface area contributed by atoms with Crippen LogP contribution in [0, 0.1) is 0 Å². The maximum atomic E-state index is 6.46.